The number of nitrogens with one attached hydrogen (secondary N) is 1. The van der Waals surface area contributed by atoms with Gasteiger partial charge in [0.25, 0.3) is 0 Å². The van der Waals surface area contributed by atoms with Crippen molar-refractivity contribution >= 4 is 29.3 Å². The number of carbonyl (C=O) groups excluding carboxylic acids is 3. The number of esters is 1. The summed E-state index contributed by atoms with van der Waals surface area (Å²) in [5, 5.41) is 10.2. The number of aromatic amines is 1. The van der Waals surface area contributed by atoms with E-state index in [2.05, 4.69) is 9.97 Å². The third kappa shape index (κ3) is 4.62. The summed E-state index contributed by atoms with van der Waals surface area (Å²) in [6.07, 6.45) is 4.30. The Morgan fingerprint density at radius 1 is 1.47 bits per heavy atom. The quantitative estimate of drug-likeness (QED) is 0.281. The van der Waals surface area contributed by atoms with Crippen LogP contribution in [-0.2, 0) is 14.3 Å². The summed E-state index contributed by atoms with van der Waals surface area (Å²) in [4.78, 5) is 45.6. The molecule has 1 saturated heterocycles. The van der Waals surface area contributed by atoms with Gasteiger partial charge in [-0.2, -0.15) is 0 Å². The molecule has 2 amide bonds. The first-order valence-corrected chi connectivity index (χ1v) is 10.3. The molecule has 3 rings (SSSR count). The van der Waals surface area contributed by atoms with Gasteiger partial charge in [-0.15, -0.1) is 0 Å². The lowest BCUT2D eigenvalue weighted by molar-refractivity contribution is -0.157. The molecule has 0 bridgehead atoms. The molecule has 9 heteroatoms. The average molecular weight is 416 g/mol. The molecule has 2 atom stereocenters. The number of hydrogen-bond acceptors (Lipinski definition) is 6. The minimum atomic E-state index is -0.462. The lowest BCUT2D eigenvalue weighted by Crippen LogP contribution is -2.40. The summed E-state index contributed by atoms with van der Waals surface area (Å²) in [6, 6.07) is 4.90. The first-order valence-electron chi connectivity index (χ1n) is 10.3. The van der Waals surface area contributed by atoms with Crippen molar-refractivity contribution < 1.29 is 24.3 Å². The van der Waals surface area contributed by atoms with Crippen LogP contribution >= 0.6 is 0 Å². The van der Waals surface area contributed by atoms with E-state index < -0.39 is 11.9 Å². The van der Waals surface area contributed by atoms with Crippen molar-refractivity contribution in [3.05, 3.63) is 29.6 Å². The van der Waals surface area contributed by atoms with Gasteiger partial charge in [0.2, 0.25) is 12.3 Å². The van der Waals surface area contributed by atoms with E-state index in [1.54, 1.807) is 23.1 Å². The maximum absolute atomic E-state index is 13.3. The molecule has 0 spiro atoms. The lowest BCUT2D eigenvalue weighted by Gasteiger charge is -2.29. The number of hydroxylamine groups is 2. The van der Waals surface area contributed by atoms with Crippen LogP contribution < -0.4 is 0 Å². The number of likely N-dealkylation sites (tertiary alicyclic amines) is 1. The minimum absolute atomic E-state index is 0.0197. The molecule has 1 aliphatic rings. The van der Waals surface area contributed by atoms with Crippen LogP contribution in [0.5, 0.6) is 0 Å². The molecule has 2 N–H and O–H groups in total. The molecule has 162 valence electrons. The van der Waals surface area contributed by atoms with Crippen LogP contribution in [0.25, 0.3) is 11.0 Å². The number of imidazole rings is 1. The van der Waals surface area contributed by atoms with E-state index in [4.69, 9.17) is 4.74 Å². The van der Waals surface area contributed by atoms with Crippen molar-refractivity contribution in [1.29, 1.82) is 0 Å². The molecular weight excluding hydrogens is 388 g/mol. The van der Waals surface area contributed by atoms with Gasteiger partial charge in [0.05, 0.1) is 42.2 Å². The van der Waals surface area contributed by atoms with Crippen LogP contribution in [0.4, 0.5) is 0 Å². The van der Waals surface area contributed by atoms with Gasteiger partial charge in [-0.05, 0) is 37.5 Å². The van der Waals surface area contributed by atoms with Gasteiger partial charge in [0.15, 0.2) is 0 Å². The number of amides is 2. The van der Waals surface area contributed by atoms with E-state index in [-0.39, 0.29) is 18.5 Å². The number of unbranched alkanes of at least 4 members (excludes halogenated alkanes) is 1. The maximum atomic E-state index is 13.3. The van der Waals surface area contributed by atoms with Gasteiger partial charge >= 0.3 is 5.97 Å². The zero-order valence-corrected chi connectivity index (χ0v) is 17.3. The largest absolute Gasteiger partial charge is 0.465 e. The van der Waals surface area contributed by atoms with E-state index in [1.165, 1.54) is 7.11 Å². The van der Waals surface area contributed by atoms with Gasteiger partial charge in [0, 0.05) is 6.54 Å². The molecule has 2 unspecified atom stereocenters. The predicted octanol–water partition coefficient (Wildman–Crippen LogP) is 2.67. The smallest absolute Gasteiger partial charge is 0.337 e. The number of hydrogen-bond donors (Lipinski definition) is 2. The zero-order valence-electron chi connectivity index (χ0n) is 17.3. The Labute approximate surface area is 175 Å². The molecule has 1 aliphatic heterocycles. The average Bonchev–Trinajstić information content (AvgIpc) is 3.41. The number of fused-ring (bicyclic) bond motifs is 1. The maximum Gasteiger partial charge on any atom is 0.337 e. The molecule has 1 aromatic heterocycles. The SMILES string of the molecule is CCCCC(CN(O)C=O)C(=O)N1CCCC1c1nc2cc(C(=O)OC)ccc2[nH]1. The summed E-state index contributed by atoms with van der Waals surface area (Å²) in [6.45, 7) is 2.62. The highest BCUT2D eigenvalue weighted by molar-refractivity contribution is 5.93. The van der Waals surface area contributed by atoms with Gasteiger partial charge in [-0.1, -0.05) is 19.8 Å². The standard InChI is InChI=1S/C21H28N4O5/c1-3-4-6-15(12-24(29)13-26)20(27)25-10-5-7-18(25)19-22-16-9-8-14(21(28)30-2)11-17(16)23-19/h8-9,11,13,15,18,29H,3-7,10,12H2,1-2H3,(H,22,23). The Kier molecular flexibility index (Phi) is 7.04. The van der Waals surface area contributed by atoms with Crippen molar-refractivity contribution in [2.45, 2.75) is 45.1 Å². The van der Waals surface area contributed by atoms with Crippen molar-refractivity contribution in [2.75, 3.05) is 20.2 Å². The number of H-pyrrole nitrogens is 1. The van der Waals surface area contributed by atoms with Crippen LogP contribution in [0.1, 0.15) is 61.3 Å². The number of carbonyl (C=O) groups is 3. The number of methoxy groups -OCH3 is 1. The van der Waals surface area contributed by atoms with Crippen LogP contribution in [0.3, 0.4) is 0 Å². The molecule has 30 heavy (non-hydrogen) atoms. The molecule has 2 heterocycles. The first kappa shape index (κ1) is 21.8. The van der Waals surface area contributed by atoms with Crippen molar-refractivity contribution in [1.82, 2.24) is 19.9 Å². The van der Waals surface area contributed by atoms with Crippen LogP contribution in [-0.4, -0.2) is 63.6 Å². The second kappa shape index (κ2) is 9.71. The Bertz CT molecular complexity index is 912. The molecular formula is C21H28N4O5. The number of aromatic nitrogens is 2. The Morgan fingerprint density at radius 3 is 2.97 bits per heavy atom. The molecule has 1 aromatic carbocycles. The Hall–Kier alpha value is -2.94. The predicted molar refractivity (Wildman–Crippen MR) is 109 cm³/mol. The number of ether oxygens (including phenoxy) is 1. The van der Waals surface area contributed by atoms with E-state index >= 15 is 0 Å². The molecule has 0 saturated carbocycles. The van der Waals surface area contributed by atoms with Crippen molar-refractivity contribution in [3.8, 4) is 0 Å². The van der Waals surface area contributed by atoms with Crippen LogP contribution in [0.15, 0.2) is 18.2 Å². The minimum Gasteiger partial charge on any atom is -0.465 e. The summed E-state index contributed by atoms with van der Waals surface area (Å²) in [7, 11) is 1.33. The molecule has 1 fully saturated rings. The van der Waals surface area contributed by atoms with Crippen molar-refractivity contribution in [2.24, 2.45) is 5.92 Å². The van der Waals surface area contributed by atoms with E-state index in [0.717, 1.165) is 31.2 Å². The topological polar surface area (TPSA) is 116 Å². The summed E-state index contributed by atoms with van der Waals surface area (Å²) in [5.74, 6) is -0.302. The highest BCUT2D eigenvalue weighted by Crippen LogP contribution is 2.33. The fourth-order valence-corrected chi connectivity index (χ4v) is 3.99. The van der Waals surface area contributed by atoms with Gasteiger partial charge in [-0.3, -0.25) is 14.8 Å². The fourth-order valence-electron chi connectivity index (χ4n) is 3.99. The summed E-state index contributed by atoms with van der Waals surface area (Å²) < 4.78 is 4.76. The molecule has 0 aliphatic carbocycles. The first-order chi connectivity index (χ1) is 14.5. The number of nitrogens with zero attached hydrogens (tertiary/aromatic N) is 3. The van der Waals surface area contributed by atoms with Gasteiger partial charge < -0.3 is 14.6 Å². The number of rotatable bonds is 9. The Morgan fingerprint density at radius 2 is 2.27 bits per heavy atom. The highest BCUT2D eigenvalue weighted by Gasteiger charge is 2.36. The second-order valence-corrected chi connectivity index (χ2v) is 7.60. The third-order valence-electron chi connectivity index (χ3n) is 5.56. The molecule has 9 nitrogen and oxygen atoms in total. The van der Waals surface area contributed by atoms with E-state index in [1.807, 2.05) is 6.92 Å². The van der Waals surface area contributed by atoms with E-state index in [9.17, 15) is 19.6 Å². The summed E-state index contributed by atoms with van der Waals surface area (Å²) >= 11 is 0. The monoisotopic (exact) mass is 416 g/mol. The van der Waals surface area contributed by atoms with Crippen LogP contribution in [0.2, 0.25) is 0 Å². The van der Waals surface area contributed by atoms with Gasteiger partial charge in [0.1, 0.15) is 5.82 Å². The lowest BCUT2D eigenvalue weighted by atomic mass is 9.99. The molecule has 0 radical (unpaired) electrons. The summed E-state index contributed by atoms with van der Waals surface area (Å²) in [5.41, 5.74) is 1.83. The zero-order chi connectivity index (χ0) is 21.7. The number of benzene rings is 1. The van der Waals surface area contributed by atoms with E-state index in [0.29, 0.717) is 41.3 Å². The van der Waals surface area contributed by atoms with Crippen molar-refractivity contribution in [3.63, 3.8) is 0 Å². The van der Waals surface area contributed by atoms with Crippen LogP contribution in [0, 0.1) is 5.92 Å². The normalized spacial score (nSPS) is 17.2. The third-order valence-corrected chi connectivity index (χ3v) is 5.56. The second-order valence-electron chi connectivity index (χ2n) is 7.60. The molecule has 2 aromatic rings. The highest BCUT2D eigenvalue weighted by atomic mass is 16.5. The fraction of sp³-hybridized carbons (Fsp3) is 0.524. The van der Waals surface area contributed by atoms with Gasteiger partial charge in [-0.25, -0.2) is 14.8 Å². The Balaban J connectivity index is 1.83.